The molecule has 0 amide bonds. The molecule has 0 saturated heterocycles. The van der Waals surface area contributed by atoms with Crippen molar-refractivity contribution in [2.75, 3.05) is 14.2 Å². The fraction of sp³-hybridized carbons (Fsp3) is 0.208. The van der Waals surface area contributed by atoms with Crippen molar-refractivity contribution in [2.24, 2.45) is 0 Å². The number of hydrogen-bond donors (Lipinski definition) is 2. The molecular weight excluding hydrogens is 504 g/mol. The van der Waals surface area contributed by atoms with Gasteiger partial charge in [0.1, 0.15) is 4.21 Å². The molecule has 188 valence electrons. The van der Waals surface area contributed by atoms with Gasteiger partial charge in [-0.2, -0.15) is 0 Å². The van der Waals surface area contributed by atoms with Crippen LogP contribution < -0.4 is 14.2 Å². The Morgan fingerprint density at radius 3 is 2.53 bits per heavy atom. The van der Waals surface area contributed by atoms with Gasteiger partial charge < -0.3 is 14.6 Å². The summed E-state index contributed by atoms with van der Waals surface area (Å²) in [6, 6.07) is 16.9. The molecule has 1 atom stereocenters. The van der Waals surface area contributed by atoms with E-state index in [0.717, 1.165) is 21.8 Å². The fourth-order valence-corrected chi connectivity index (χ4v) is 5.89. The van der Waals surface area contributed by atoms with Crippen molar-refractivity contribution >= 4 is 27.3 Å². The molecule has 10 nitrogen and oxygen atoms in total. The molecule has 0 radical (unpaired) electrons. The van der Waals surface area contributed by atoms with Crippen LogP contribution in [0.2, 0.25) is 0 Å². The molecule has 2 aromatic heterocycles. The summed E-state index contributed by atoms with van der Waals surface area (Å²) in [7, 11) is -0.769. The minimum Gasteiger partial charge on any atom is -0.493 e. The third-order valence-corrected chi connectivity index (χ3v) is 8.41. The zero-order chi connectivity index (χ0) is 25.7. The van der Waals surface area contributed by atoms with Crippen molar-refractivity contribution in [1.29, 1.82) is 0 Å². The van der Waals surface area contributed by atoms with E-state index in [1.165, 1.54) is 25.1 Å². The van der Waals surface area contributed by atoms with Gasteiger partial charge in [0.05, 0.1) is 32.7 Å². The van der Waals surface area contributed by atoms with Gasteiger partial charge in [-0.05, 0) is 35.4 Å². The smallest absolute Gasteiger partial charge is 0.328 e. The van der Waals surface area contributed by atoms with Crippen LogP contribution in [-0.2, 0) is 27.8 Å². The number of nitrogens with one attached hydrogen (secondary N) is 1. The van der Waals surface area contributed by atoms with E-state index < -0.39 is 22.0 Å². The lowest BCUT2D eigenvalue weighted by molar-refractivity contribution is -0.141. The zero-order valence-electron chi connectivity index (χ0n) is 19.5. The van der Waals surface area contributed by atoms with Crippen LogP contribution in [-0.4, -0.2) is 48.7 Å². The first kappa shape index (κ1) is 25.4. The van der Waals surface area contributed by atoms with Gasteiger partial charge >= 0.3 is 5.97 Å². The maximum Gasteiger partial charge on any atom is 0.328 e. The summed E-state index contributed by atoms with van der Waals surface area (Å²) in [4.78, 5) is 12.8. The standard InChI is InChI=1S/C24H24N4O6S2/c1-33-20-9-8-16(13-21(20)34-2)12-19(24(29)30)28-15-18(26-27-28)14-25-36(31,32)23-11-10-22(35-23)17-6-4-3-5-7-17/h3-11,13,15,19,25H,12,14H2,1-2H3,(H,29,30). The number of rotatable bonds is 11. The largest absolute Gasteiger partial charge is 0.493 e. The van der Waals surface area contributed by atoms with Crippen molar-refractivity contribution in [2.45, 2.75) is 23.2 Å². The molecule has 2 heterocycles. The van der Waals surface area contributed by atoms with Gasteiger partial charge in [0.15, 0.2) is 17.5 Å². The van der Waals surface area contributed by atoms with Gasteiger partial charge in [-0.25, -0.2) is 22.6 Å². The Hall–Kier alpha value is -3.74. The quantitative estimate of drug-likeness (QED) is 0.303. The average molecular weight is 529 g/mol. The molecule has 2 aromatic carbocycles. The molecule has 0 aliphatic rings. The summed E-state index contributed by atoms with van der Waals surface area (Å²) >= 11 is 1.16. The Morgan fingerprint density at radius 1 is 1.08 bits per heavy atom. The van der Waals surface area contributed by atoms with E-state index in [2.05, 4.69) is 15.0 Å². The summed E-state index contributed by atoms with van der Waals surface area (Å²) in [5, 5.41) is 17.7. The number of aliphatic carboxylic acids is 1. The van der Waals surface area contributed by atoms with E-state index in [1.807, 2.05) is 30.3 Å². The van der Waals surface area contributed by atoms with Crippen molar-refractivity contribution in [3.63, 3.8) is 0 Å². The van der Waals surface area contributed by atoms with Gasteiger partial charge in [0, 0.05) is 11.3 Å². The van der Waals surface area contributed by atoms with Crippen molar-refractivity contribution in [3.05, 3.63) is 78.1 Å². The Balaban J connectivity index is 1.45. The average Bonchev–Trinajstić information content (AvgIpc) is 3.57. The third kappa shape index (κ3) is 5.73. The minimum absolute atomic E-state index is 0.113. The highest BCUT2D eigenvalue weighted by Gasteiger charge is 2.24. The molecule has 4 aromatic rings. The van der Waals surface area contributed by atoms with E-state index in [4.69, 9.17) is 9.47 Å². The highest BCUT2D eigenvalue weighted by molar-refractivity contribution is 7.91. The lowest BCUT2D eigenvalue weighted by atomic mass is 10.1. The highest BCUT2D eigenvalue weighted by atomic mass is 32.2. The fourth-order valence-electron chi connectivity index (χ4n) is 3.53. The normalized spacial score (nSPS) is 12.3. The number of carboxylic acid groups (broad SMARTS) is 1. The summed E-state index contributed by atoms with van der Waals surface area (Å²) in [5.41, 5.74) is 1.92. The first-order valence-corrected chi connectivity index (χ1v) is 13.1. The predicted octanol–water partition coefficient (Wildman–Crippen LogP) is 3.37. The molecule has 1 unspecified atom stereocenters. The number of sulfonamides is 1. The maximum absolute atomic E-state index is 12.8. The van der Waals surface area contributed by atoms with Crippen LogP contribution in [0.25, 0.3) is 10.4 Å². The van der Waals surface area contributed by atoms with Gasteiger partial charge in [-0.3, -0.25) is 0 Å². The lowest BCUT2D eigenvalue weighted by Gasteiger charge is -2.14. The molecule has 0 spiro atoms. The predicted molar refractivity (Wildman–Crippen MR) is 134 cm³/mol. The first-order valence-electron chi connectivity index (χ1n) is 10.8. The van der Waals surface area contributed by atoms with Crippen LogP contribution in [0.4, 0.5) is 0 Å². The van der Waals surface area contributed by atoms with Crippen LogP contribution in [0.3, 0.4) is 0 Å². The molecule has 0 aliphatic heterocycles. The van der Waals surface area contributed by atoms with E-state index in [-0.39, 0.29) is 22.9 Å². The molecule has 2 N–H and O–H groups in total. The van der Waals surface area contributed by atoms with Crippen LogP contribution in [0.5, 0.6) is 11.5 Å². The van der Waals surface area contributed by atoms with Crippen molar-refractivity contribution < 1.29 is 27.8 Å². The summed E-state index contributed by atoms with van der Waals surface area (Å²) < 4.78 is 39.9. The second kappa shape index (κ2) is 10.9. The number of ether oxygens (including phenoxy) is 2. The summed E-state index contributed by atoms with van der Waals surface area (Å²) in [5.74, 6) is -0.0873. The molecule has 0 aliphatic carbocycles. The Morgan fingerprint density at radius 2 is 1.83 bits per heavy atom. The number of carbonyl (C=O) groups is 1. The maximum atomic E-state index is 12.8. The number of nitrogens with zero attached hydrogens (tertiary/aromatic N) is 3. The van der Waals surface area contributed by atoms with Gasteiger partial charge in [-0.15, -0.1) is 16.4 Å². The van der Waals surface area contributed by atoms with Crippen molar-refractivity contribution in [3.8, 4) is 21.9 Å². The molecule has 0 saturated carbocycles. The Bertz CT molecular complexity index is 1450. The lowest BCUT2D eigenvalue weighted by Crippen LogP contribution is -2.23. The van der Waals surface area contributed by atoms with E-state index >= 15 is 0 Å². The molecule has 0 fully saturated rings. The van der Waals surface area contributed by atoms with Crippen LogP contribution >= 0.6 is 11.3 Å². The van der Waals surface area contributed by atoms with E-state index in [0.29, 0.717) is 17.1 Å². The molecule has 36 heavy (non-hydrogen) atoms. The van der Waals surface area contributed by atoms with Crippen LogP contribution in [0.15, 0.2) is 71.1 Å². The van der Waals surface area contributed by atoms with Gasteiger partial charge in [0.25, 0.3) is 0 Å². The second-order valence-corrected chi connectivity index (χ2v) is 10.8. The molecule has 4 rings (SSSR count). The number of aromatic nitrogens is 3. The number of thiophene rings is 1. The Kier molecular flexibility index (Phi) is 7.67. The van der Waals surface area contributed by atoms with Gasteiger partial charge in [0.2, 0.25) is 10.0 Å². The number of benzene rings is 2. The van der Waals surface area contributed by atoms with E-state index in [1.54, 1.807) is 30.3 Å². The summed E-state index contributed by atoms with van der Waals surface area (Å²) in [6.45, 7) is -0.135. The molecule has 0 bridgehead atoms. The Labute approximate surface area is 212 Å². The number of methoxy groups -OCH3 is 2. The van der Waals surface area contributed by atoms with Crippen molar-refractivity contribution in [1.82, 2.24) is 19.7 Å². The topological polar surface area (TPSA) is 133 Å². The van der Waals surface area contributed by atoms with Crippen LogP contribution in [0.1, 0.15) is 17.3 Å². The zero-order valence-corrected chi connectivity index (χ0v) is 21.1. The highest BCUT2D eigenvalue weighted by Crippen LogP contribution is 2.31. The molecular formula is C24H24N4O6S2. The minimum atomic E-state index is -3.79. The molecule has 12 heteroatoms. The first-order chi connectivity index (χ1) is 17.3. The SMILES string of the molecule is COc1ccc(CC(C(=O)O)n2cc(CNS(=O)(=O)c3ccc(-c4ccccc4)s3)nn2)cc1OC. The number of hydrogen-bond acceptors (Lipinski definition) is 8. The third-order valence-electron chi connectivity index (χ3n) is 5.39. The number of carboxylic acids is 1. The van der Waals surface area contributed by atoms with Crippen LogP contribution in [0, 0.1) is 0 Å². The van der Waals surface area contributed by atoms with Gasteiger partial charge in [-0.1, -0.05) is 41.6 Å². The summed E-state index contributed by atoms with van der Waals surface area (Å²) in [6.07, 6.45) is 1.54. The van der Waals surface area contributed by atoms with E-state index in [9.17, 15) is 18.3 Å². The second-order valence-electron chi connectivity index (χ2n) is 7.75. The monoisotopic (exact) mass is 528 g/mol.